The Morgan fingerprint density at radius 1 is 1.43 bits per heavy atom. The quantitative estimate of drug-likeness (QED) is 0.602. The maximum atomic E-state index is 11.6. The van der Waals surface area contributed by atoms with Crippen LogP contribution in [0, 0.1) is 5.41 Å². The summed E-state index contributed by atoms with van der Waals surface area (Å²) >= 11 is 0. The lowest BCUT2D eigenvalue weighted by Crippen LogP contribution is -2.42. The van der Waals surface area contributed by atoms with Gasteiger partial charge >= 0.3 is 5.97 Å². The molecular weight excluding hydrogens is 178 g/mol. The normalized spacial score (nSPS) is 29.2. The molecule has 0 unspecified atom stereocenters. The maximum Gasteiger partial charge on any atom is 0.312 e. The van der Waals surface area contributed by atoms with Crippen LogP contribution in [0.4, 0.5) is 0 Å². The molecule has 0 aromatic heterocycles. The molecule has 0 radical (unpaired) electrons. The standard InChI is InChI=1S/C11H21NO2/c1-10(2,3)12-7-6-11(4,8-12)9(13)14-5/h6-8H2,1-5H3/t11-/m0/s1. The Morgan fingerprint density at radius 3 is 2.36 bits per heavy atom. The second-order valence-corrected chi connectivity index (χ2v) is 5.39. The number of methoxy groups -OCH3 is 1. The van der Waals surface area contributed by atoms with Crippen LogP contribution in [0.3, 0.4) is 0 Å². The van der Waals surface area contributed by atoms with Crippen molar-refractivity contribution in [3.8, 4) is 0 Å². The summed E-state index contributed by atoms with van der Waals surface area (Å²) in [6.07, 6.45) is 0.900. The average molecular weight is 199 g/mol. The number of hydrogen-bond donors (Lipinski definition) is 0. The Balaban J connectivity index is 2.69. The Morgan fingerprint density at radius 2 is 2.00 bits per heavy atom. The maximum absolute atomic E-state index is 11.6. The van der Waals surface area contributed by atoms with Gasteiger partial charge in [-0.1, -0.05) is 0 Å². The van der Waals surface area contributed by atoms with Gasteiger partial charge in [-0.05, 0) is 40.7 Å². The van der Waals surface area contributed by atoms with E-state index in [9.17, 15) is 4.79 Å². The summed E-state index contributed by atoms with van der Waals surface area (Å²) in [5, 5.41) is 0. The number of carbonyl (C=O) groups excluding carboxylic acids is 1. The molecule has 1 aliphatic rings. The van der Waals surface area contributed by atoms with E-state index in [0.29, 0.717) is 0 Å². The van der Waals surface area contributed by atoms with E-state index < -0.39 is 0 Å². The minimum atomic E-state index is -0.304. The second-order valence-electron chi connectivity index (χ2n) is 5.39. The van der Waals surface area contributed by atoms with E-state index in [4.69, 9.17) is 4.74 Å². The van der Waals surface area contributed by atoms with Crippen LogP contribution < -0.4 is 0 Å². The van der Waals surface area contributed by atoms with Crippen LogP contribution in [-0.2, 0) is 9.53 Å². The van der Waals surface area contributed by atoms with Crippen LogP contribution in [0.25, 0.3) is 0 Å². The van der Waals surface area contributed by atoms with Crippen molar-refractivity contribution < 1.29 is 9.53 Å². The van der Waals surface area contributed by atoms with Crippen LogP contribution in [0.2, 0.25) is 0 Å². The lowest BCUT2D eigenvalue weighted by molar-refractivity contribution is -0.151. The van der Waals surface area contributed by atoms with Gasteiger partial charge in [-0.15, -0.1) is 0 Å². The van der Waals surface area contributed by atoms with Crippen molar-refractivity contribution in [1.29, 1.82) is 0 Å². The highest BCUT2D eigenvalue weighted by Crippen LogP contribution is 2.34. The summed E-state index contributed by atoms with van der Waals surface area (Å²) in [7, 11) is 1.47. The Bertz CT molecular complexity index is 232. The van der Waals surface area contributed by atoms with Gasteiger partial charge in [0.1, 0.15) is 0 Å². The van der Waals surface area contributed by atoms with Gasteiger partial charge in [0.05, 0.1) is 12.5 Å². The van der Waals surface area contributed by atoms with Crippen LogP contribution in [0.15, 0.2) is 0 Å². The van der Waals surface area contributed by atoms with E-state index in [2.05, 4.69) is 25.7 Å². The smallest absolute Gasteiger partial charge is 0.312 e. The molecular formula is C11H21NO2. The lowest BCUT2D eigenvalue weighted by atomic mass is 9.90. The lowest BCUT2D eigenvalue weighted by Gasteiger charge is -2.32. The van der Waals surface area contributed by atoms with E-state index >= 15 is 0 Å². The molecule has 1 saturated heterocycles. The van der Waals surface area contributed by atoms with Crippen molar-refractivity contribution in [2.24, 2.45) is 5.41 Å². The van der Waals surface area contributed by atoms with Crippen molar-refractivity contribution in [3.05, 3.63) is 0 Å². The van der Waals surface area contributed by atoms with Gasteiger partial charge in [-0.2, -0.15) is 0 Å². The fourth-order valence-corrected chi connectivity index (χ4v) is 1.95. The molecule has 0 aromatic rings. The Labute approximate surface area is 86.4 Å². The Hall–Kier alpha value is -0.570. The van der Waals surface area contributed by atoms with Crippen molar-refractivity contribution in [3.63, 3.8) is 0 Å². The molecule has 0 N–H and O–H groups in total. The van der Waals surface area contributed by atoms with Crippen LogP contribution in [0.5, 0.6) is 0 Å². The first-order valence-electron chi connectivity index (χ1n) is 5.13. The van der Waals surface area contributed by atoms with Gasteiger partial charge in [0, 0.05) is 12.1 Å². The van der Waals surface area contributed by atoms with Crippen molar-refractivity contribution in [1.82, 2.24) is 4.90 Å². The average Bonchev–Trinajstić information content (AvgIpc) is 2.47. The molecule has 0 saturated carbocycles. The number of esters is 1. The van der Waals surface area contributed by atoms with Crippen molar-refractivity contribution in [2.45, 2.75) is 39.7 Å². The first-order valence-corrected chi connectivity index (χ1v) is 5.13. The minimum Gasteiger partial charge on any atom is -0.469 e. The summed E-state index contributed by atoms with van der Waals surface area (Å²) in [5.74, 6) is -0.0794. The monoisotopic (exact) mass is 199 g/mol. The fourth-order valence-electron chi connectivity index (χ4n) is 1.95. The zero-order chi connectivity index (χ0) is 11.0. The zero-order valence-electron chi connectivity index (χ0n) is 9.89. The molecule has 1 heterocycles. The highest BCUT2D eigenvalue weighted by Gasteiger charge is 2.44. The molecule has 1 rings (SSSR count). The van der Waals surface area contributed by atoms with Crippen molar-refractivity contribution >= 4 is 5.97 Å². The largest absolute Gasteiger partial charge is 0.469 e. The molecule has 1 atom stereocenters. The summed E-state index contributed by atoms with van der Waals surface area (Å²) in [4.78, 5) is 13.9. The molecule has 0 aromatic carbocycles. The minimum absolute atomic E-state index is 0.0794. The van der Waals surface area contributed by atoms with Gasteiger partial charge in [0.15, 0.2) is 0 Å². The molecule has 3 nitrogen and oxygen atoms in total. The van der Waals surface area contributed by atoms with Crippen LogP contribution >= 0.6 is 0 Å². The van der Waals surface area contributed by atoms with Gasteiger partial charge < -0.3 is 4.74 Å². The highest BCUT2D eigenvalue weighted by molar-refractivity contribution is 5.77. The molecule has 3 heteroatoms. The third-order valence-electron chi connectivity index (χ3n) is 3.10. The van der Waals surface area contributed by atoms with E-state index in [0.717, 1.165) is 19.5 Å². The first-order chi connectivity index (χ1) is 6.29. The topological polar surface area (TPSA) is 29.5 Å². The molecule has 1 fully saturated rings. The van der Waals surface area contributed by atoms with E-state index in [1.54, 1.807) is 0 Å². The SMILES string of the molecule is COC(=O)[C@@]1(C)CCN(C(C)(C)C)C1. The third kappa shape index (κ3) is 2.08. The van der Waals surface area contributed by atoms with Crippen LogP contribution in [-0.4, -0.2) is 36.6 Å². The summed E-state index contributed by atoms with van der Waals surface area (Å²) in [6, 6.07) is 0. The van der Waals surface area contributed by atoms with Crippen molar-refractivity contribution in [2.75, 3.05) is 20.2 Å². The summed E-state index contributed by atoms with van der Waals surface area (Å²) < 4.78 is 4.83. The second kappa shape index (κ2) is 3.54. The molecule has 0 bridgehead atoms. The summed E-state index contributed by atoms with van der Waals surface area (Å²) in [6.45, 7) is 10.3. The number of carbonyl (C=O) groups is 1. The molecule has 0 amide bonds. The van der Waals surface area contributed by atoms with Gasteiger partial charge in [-0.25, -0.2) is 0 Å². The van der Waals surface area contributed by atoms with E-state index in [1.165, 1.54) is 7.11 Å². The van der Waals surface area contributed by atoms with Gasteiger partial charge in [-0.3, -0.25) is 9.69 Å². The van der Waals surface area contributed by atoms with E-state index in [1.807, 2.05) is 6.92 Å². The zero-order valence-corrected chi connectivity index (χ0v) is 9.89. The number of nitrogens with zero attached hydrogens (tertiary/aromatic N) is 1. The van der Waals surface area contributed by atoms with E-state index in [-0.39, 0.29) is 16.9 Å². The fraction of sp³-hybridized carbons (Fsp3) is 0.909. The van der Waals surface area contributed by atoms with Gasteiger partial charge in [0.2, 0.25) is 0 Å². The molecule has 0 aliphatic carbocycles. The predicted octanol–water partition coefficient (Wildman–Crippen LogP) is 1.67. The molecule has 82 valence electrons. The van der Waals surface area contributed by atoms with Crippen LogP contribution in [0.1, 0.15) is 34.1 Å². The van der Waals surface area contributed by atoms with Gasteiger partial charge in [0.25, 0.3) is 0 Å². The number of hydrogen-bond acceptors (Lipinski definition) is 3. The predicted molar refractivity (Wildman–Crippen MR) is 56.1 cm³/mol. The number of rotatable bonds is 1. The third-order valence-corrected chi connectivity index (χ3v) is 3.10. The molecule has 0 spiro atoms. The highest BCUT2D eigenvalue weighted by atomic mass is 16.5. The Kier molecular flexibility index (Phi) is 2.91. The number of ether oxygens (including phenoxy) is 1. The molecule has 14 heavy (non-hydrogen) atoms. The molecule has 1 aliphatic heterocycles. The summed E-state index contributed by atoms with van der Waals surface area (Å²) in [5.41, 5.74) is -0.159. The first kappa shape index (κ1) is 11.5. The number of likely N-dealkylation sites (tertiary alicyclic amines) is 1.